The summed E-state index contributed by atoms with van der Waals surface area (Å²) in [7, 11) is 3.24. The number of ether oxygens (including phenoxy) is 1. The number of carbonyl (C=O) groups excluding carboxylic acids is 1. The van der Waals surface area contributed by atoms with Crippen LogP contribution >= 0.6 is 11.3 Å². The second-order valence-corrected chi connectivity index (χ2v) is 5.57. The average Bonchev–Trinajstić information content (AvgIpc) is 2.83. The first kappa shape index (κ1) is 14.4. The van der Waals surface area contributed by atoms with Gasteiger partial charge in [0.1, 0.15) is 11.5 Å². The first-order valence-corrected chi connectivity index (χ1v) is 7.06. The summed E-state index contributed by atoms with van der Waals surface area (Å²) < 4.78 is 5.01. The summed E-state index contributed by atoms with van der Waals surface area (Å²) in [6.45, 7) is 2.56. The average molecular weight is 291 g/mol. The molecule has 20 heavy (non-hydrogen) atoms. The van der Waals surface area contributed by atoms with E-state index in [9.17, 15) is 9.90 Å². The van der Waals surface area contributed by atoms with Gasteiger partial charge in [0.25, 0.3) is 5.91 Å². The number of phenols is 1. The molecule has 0 saturated heterocycles. The van der Waals surface area contributed by atoms with Crippen LogP contribution in [0.15, 0.2) is 29.6 Å². The van der Waals surface area contributed by atoms with E-state index in [1.807, 2.05) is 18.4 Å². The van der Waals surface area contributed by atoms with Crippen molar-refractivity contribution in [1.82, 2.24) is 4.90 Å². The Kier molecular flexibility index (Phi) is 4.29. The maximum absolute atomic E-state index is 12.3. The zero-order valence-electron chi connectivity index (χ0n) is 11.7. The van der Waals surface area contributed by atoms with Crippen molar-refractivity contribution in [2.45, 2.75) is 13.5 Å². The van der Waals surface area contributed by atoms with E-state index in [2.05, 4.69) is 0 Å². The molecule has 0 radical (unpaired) electrons. The number of amides is 1. The van der Waals surface area contributed by atoms with E-state index in [1.54, 1.807) is 35.4 Å². The fourth-order valence-corrected chi connectivity index (χ4v) is 2.84. The van der Waals surface area contributed by atoms with E-state index < -0.39 is 0 Å². The van der Waals surface area contributed by atoms with Gasteiger partial charge in [0, 0.05) is 18.0 Å². The summed E-state index contributed by atoms with van der Waals surface area (Å²) in [5, 5.41) is 11.9. The topological polar surface area (TPSA) is 49.8 Å². The van der Waals surface area contributed by atoms with E-state index in [0.717, 1.165) is 4.88 Å². The van der Waals surface area contributed by atoms with Crippen molar-refractivity contribution >= 4 is 17.2 Å². The summed E-state index contributed by atoms with van der Waals surface area (Å²) in [5.41, 5.74) is 1.45. The van der Waals surface area contributed by atoms with E-state index in [4.69, 9.17) is 4.74 Å². The molecule has 0 bridgehead atoms. The van der Waals surface area contributed by atoms with Crippen molar-refractivity contribution in [2.24, 2.45) is 0 Å². The number of benzene rings is 1. The Bertz CT molecular complexity index is 621. The lowest BCUT2D eigenvalue weighted by molar-refractivity contribution is 0.0783. The van der Waals surface area contributed by atoms with Gasteiger partial charge in [-0.3, -0.25) is 4.79 Å². The molecule has 1 aromatic carbocycles. The number of carbonyl (C=O) groups is 1. The molecule has 0 aliphatic carbocycles. The van der Waals surface area contributed by atoms with Gasteiger partial charge in [-0.25, -0.2) is 0 Å². The van der Waals surface area contributed by atoms with Crippen molar-refractivity contribution < 1.29 is 14.6 Å². The number of phenolic OH excluding ortho intramolecular Hbond substituents is 1. The summed E-state index contributed by atoms with van der Waals surface area (Å²) >= 11 is 1.62. The highest BCUT2D eigenvalue weighted by Gasteiger charge is 2.17. The molecule has 4 nitrogen and oxygen atoms in total. The van der Waals surface area contributed by atoms with Gasteiger partial charge >= 0.3 is 0 Å². The third kappa shape index (κ3) is 2.93. The summed E-state index contributed by atoms with van der Waals surface area (Å²) in [6, 6.07) is 6.71. The van der Waals surface area contributed by atoms with E-state index >= 15 is 0 Å². The highest BCUT2D eigenvalue weighted by Crippen LogP contribution is 2.25. The van der Waals surface area contributed by atoms with Crippen LogP contribution in [0.3, 0.4) is 0 Å². The maximum atomic E-state index is 12.3. The SMILES string of the molecule is COc1ccc(C(=O)N(C)Cc2sccc2C)c(O)c1. The zero-order valence-corrected chi connectivity index (χ0v) is 12.5. The smallest absolute Gasteiger partial charge is 0.257 e. The quantitative estimate of drug-likeness (QED) is 0.942. The third-order valence-electron chi connectivity index (χ3n) is 3.13. The minimum absolute atomic E-state index is 0.0656. The lowest BCUT2D eigenvalue weighted by Crippen LogP contribution is -2.26. The van der Waals surface area contributed by atoms with Crippen molar-refractivity contribution in [2.75, 3.05) is 14.2 Å². The molecule has 2 aromatic rings. The second kappa shape index (κ2) is 5.96. The lowest BCUT2D eigenvalue weighted by atomic mass is 10.1. The first-order chi connectivity index (χ1) is 9.52. The highest BCUT2D eigenvalue weighted by molar-refractivity contribution is 7.10. The van der Waals surface area contributed by atoms with Crippen LogP contribution in [0.1, 0.15) is 20.8 Å². The molecule has 1 heterocycles. The van der Waals surface area contributed by atoms with Gasteiger partial charge in [-0.15, -0.1) is 11.3 Å². The van der Waals surface area contributed by atoms with Crippen molar-refractivity contribution in [3.05, 3.63) is 45.6 Å². The van der Waals surface area contributed by atoms with Crippen molar-refractivity contribution in [3.63, 3.8) is 0 Å². The van der Waals surface area contributed by atoms with Gasteiger partial charge in [-0.2, -0.15) is 0 Å². The maximum Gasteiger partial charge on any atom is 0.257 e. The van der Waals surface area contributed by atoms with Crippen LogP contribution in [-0.4, -0.2) is 30.1 Å². The number of thiophene rings is 1. The Morgan fingerprint density at radius 2 is 2.15 bits per heavy atom. The van der Waals surface area contributed by atoms with E-state index in [1.165, 1.54) is 18.7 Å². The molecule has 1 amide bonds. The number of hydrogen-bond donors (Lipinski definition) is 1. The van der Waals surface area contributed by atoms with Crippen LogP contribution in [0.25, 0.3) is 0 Å². The molecule has 1 aromatic heterocycles. The first-order valence-electron chi connectivity index (χ1n) is 6.18. The number of nitrogens with zero attached hydrogens (tertiary/aromatic N) is 1. The molecule has 0 aliphatic heterocycles. The standard InChI is InChI=1S/C15H17NO3S/c1-10-6-7-20-14(10)9-16(2)15(18)12-5-4-11(19-3)8-13(12)17/h4-8,17H,9H2,1-3H3. The molecular weight excluding hydrogens is 274 g/mol. The largest absolute Gasteiger partial charge is 0.507 e. The van der Waals surface area contributed by atoms with Gasteiger partial charge in [0.05, 0.1) is 19.2 Å². The molecule has 2 rings (SSSR count). The highest BCUT2D eigenvalue weighted by atomic mass is 32.1. The number of rotatable bonds is 4. The van der Waals surface area contributed by atoms with E-state index in [0.29, 0.717) is 12.3 Å². The van der Waals surface area contributed by atoms with Crippen molar-refractivity contribution in [1.29, 1.82) is 0 Å². The number of methoxy groups -OCH3 is 1. The van der Waals surface area contributed by atoms with E-state index in [-0.39, 0.29) is 17.2 Å². The molecule has 0 atom stereocenters. The Morgan fingerprint density at radius 1 is 1.40 bits per heavy atom. The minimum atomic E-state index is -0.210. The summed E-state index contributed by atoms with van der Waals surface area (Å²) in [5.74, 6) is 0.248. The van der Waals surface area contributed by atoms with Gasteiger partial charge in [-0.1, -0.05) is 0 Å². The fraction of sp³-hybridized carbons (Fsp3) is 0.267. The molecule has 106 valence electrons. The van der Waals surface area contributed by atoms with Gasteiger partial charge < -0.3 is 14.7 Å². The molecule has 0 saturated carbocycles. The van der Waals surface area contributed by atoms with Crippen molar-refractivity contribution in [3.8, 4) is 11.5 Å². The van der Waals surface area contributed by atoms with Gasteiger partial charge in [0.15, 0.2) is 0 Å². The molecule has 0 unspecified atom stereocenters. The molecule has 0 spiro atoms. The second-order valence-electron chi connectivity index (χ2n) is 4.57. The third-order valence-corrected chi connectivity index (χ3v) is 4.14. The Labute approximate surface area is 122 Å². The Balaban J connectivity index is 2.16. The molecule has 0 aliphatic rings. The molecule has 5 heteroatoms. The Hall–Kier alpha value is -2.01. The van der Waals surface area contributed by atoms with Crippen LogP contribution < -0.4 is 4.74 Å². The van der Waals surface area contributed by atoms with Gasteiger partial charge in [0.2, 0.25) is 0 Å². The van der Waals surface area contributed by atoms with Crippen LogP contribution in [0.4, 0.5) is 0 Å². The van der Waals surface area contributed by atoms with Crippen LogP contribution in [-0.2, 0) is 6.54 Å². The zero-order chi connectivity index (χ0) is 14.7. The van der Waals surface area contributed by atoms with Crippen LogP contribution in [0.2, 0.25) is 0 Å². The number of hydrogen-bond acceptors (Lipinski definition) is 4. The monoisotopic (exact) mass is 291 g/mol. The predicted octanol–water partition coefficient (Wildman–Crippen LogP) is 3.04. The summed E-state index contributed by atoms with van der Waals surface area (Å²) in [4.78, 5) is 15.1. The van der Waals surface area contributed by atoms with Crippen LogP contribution in [0.5, 0.6) is 11.5 Å². The fourth-order valence-electron chi connectivity index (χ4n) is 1.88. The van der Waals surface area contributed by atoms with Crippen LogP contribution in [0, 0.1) is 6.92 Å². The predicted molar refractivity (Wildman–Crippen MR) is 79.5 cm³/mol. The molecule has 0 fully saturated rings. The number of aryl methyl sites for hydroxylation is 1. The molecular formula is C15H17NO3S. The number of aromatic hydroxyl groups is 1. The van der Waals surface area contributed by atoms with Gasteiger partial charge in [-0.05, 0) is 36.1 Å². The normalized spacial score (nSPS) is 10.3. The molecule has 1 N–H and O–H groups in total. The Morgan fingerprint density at radius 3 is 2.70 bits per heavy atom. The summed E-state index contributed by atoms with van der Waals surface area (Å²) in [6.07, 6.45) is 0. The minimum Gasteiger partial charge on any atom is -0.507 e. The lowest BCUT2D eigenvalue weighted by Gasteiger charge is -2.18.